The van der Waals surface area contributed by atoms with E-state index in [0.717, 1.165) is 4.57 Å². The predicted molar refractivity (Wildman–Crippen MR) is 96.7 cm³/mol. The summed E-state index contributed by atoms with van der Waals surface area (Å²) >= 11 is 0. The number of imidazole rings is 1. The SMILES string of the molecule is COc1ccc(-c2noc(Cn3c(C(F)(F)F)nc4ccccc43)n2)c(OC)c1. The molecule has 0 N–H and O–H groups in total. The summed E-state index contributed by atoms with van der Waals surface area (Å²) in [5.74, 6) is 0.194. The maximum atomic E-state index is 13.5. The number of fused-ring (bicyclic) bond motifs is 1. The average Bonchev–Trinajstić information content (AvgIpc) is 3.33. The van der Waals surface area contributed by atoms with Crippen molar-refractivity contribution in [2.45, 2.75) is 12.7 Å². The Kier molecular flexibility index (Phi) is 4.61. The van der Waals surface area contributed by atoms with E-state index >= 15 is 0 Å². The number of hydrogen-bond acceptors (Lipinski definition) is 6. The molecule has 0 atom stereocenters. The molecule has 0 unspecified atom stereocenters. The summed E-state index contributed by atoms with van der Waals surface area (Å²) < 4.78 is 57.0. The molecule has 2 aromatic heterocycles. The van der Waals surface area contributed by atoms with Gasteiger partial charge < -0.3 is 18.6 Å². The van der Waals surface area contributed by atoms with Crippen molar-refractivity contribution in [2.24, 2.45) is 0 Å². The van der Waals surface area contributed by atoms with Crippen LogP contribution < -0.4 is 9.47 Å². The first-order chi connectivity index (χ1) is 13.9. The second-order valence-corrected chi connectivity index (χ2v) is 6.09. The van der Waals surface area contributed by atoms with Gasteiger partial charge in [-0.25, -0.2) is 4.98 Å². The fourth-order valence-corrected chi connectivity index (χ4v) is 3.00. The summed E-state index contributed by atoms with van der Waals surface area (Å²) in [4.78, 5) is 7.94. The van der Waals surface area contributed by atoms with Crippen LogP contribution in [0.2, 0.25) is 0 Å². The van der Waals surface area contributed by atoms with Crippen molar-refractivity contribution >= 4 is 11.0 Å². The van der Waals surface area contributed by atoms with E-state index in [9.17, 15) is 13.2 Å². The molecule has 7 nitrogen and oxygen atoms in total. The lowest BCUT2D eigenvalue weighted by molar-refractivity contribution is -0.146. The van der Waals surface area contributed by atoms with Crippen LogP contribution in [0.4, 0.5) is 13.2 Å². The summed E-state index contributed by atoms with van der Waals surface area (Å²) in [6.45, 7) is -0.277. The minimum atomic E-state index is -4.62. The Morgan fingerprint density at radius 2 is 1.83 bits per heavy atom. The number of rotatable bonds is 5. The second-order valence-electron chi connectivity index (χ2n) is 6.09. The fourth-order valence-electron chi connectivity index (χ4n) is 3.00. The first kappa shape index (κ1) is 18.8. The van der Waals surface area contributed by atoms with Gasteiger partial charge >= 0.3 is 6.18 Å². The normalized spacial score (nSPS) is 11.8. The van der Waals surface area contributed by atoms with Gasteiger partial charge in [-0.1, -0.05) is 17.3 Å². The standard InChI is InChI=1S/C19H15F3N4O3/c1-27-11-7-8-12(15(9-11)28-2)17-24-16(29-25-17)10-26-14-6-4-3-5-13(14)23-18(26)19(20,21)22/h3-9H,10H2,1-2H3. The molecule has 4 rings (SSSR count). The number of halogens is 3. The van der Waals surface area contributed by atoms with Crippen LogP contribution >= 0.6 is 0 Å². The summed E-state index contributed by atoms with van der Waals surface area (Å²) in [5, 5.41) is 3.88. The van der Waals surface area contributed by atoms with Gasteiger partial charge in [0.25, 0.3) is 0 Å². The molecule has 2 aromatic carbocycles. The van der Waals surface area contributed by atoms with Crippen molar-refractivity contribution in [2.75, 3.05) is 14.2 Å². The average molecular weight is 404 g/mol. The van der Waals surface area contributed by atoms with Crippen LogP contribution in [0.3, 0.4) is 0 Å². The number of para-hydroxylation sites is 2. The molecule has 0 aliphatic rings. The Labute approximate surface area is 162 Å². The lowest BCUT2D eigenvalue weighted by Crippen LogP contribution is -2.15. The predicted octanol–water partition coefficient (Wildman–Crippen LogP) is 4.17. The smallest absolute Gasteiger partial charge is 0.449 e. The summed E-state index contributed by atoms with van der Waals surface area (Å²) in [6, 6.07) is 11.4. The van der Waals surface area contributed by atoms with Gasteiger partial charge in [0.15, 0.2) is 0 Å². The van der Waals surface area contributed by atoms with E-state index < -0.39 is 12.0 Å². The van der Waals surface area contributed by atoms with Crippen LogP contribution in [0.1, 0.15) is 11.7 Å². The van der Waals surface area contributed by atoms with E-state index in [1.807, 2.05) is 0 Å². The molecule has 0 fully saturated rings. The van der Waals surface area contributed by atoms with E-state index in [2.05, 4.69) is 15.1 Å². The van der Waals surface area contributed by atoms with Crippen molar-refractivity contribution in [3.63, 3.8) is 0 Å². The third kappa shape index (κ3) is 3.48. The summed E-state index contributed by atoms with van der Waals surface area (Å²) in [7, 11) is 3.00. The number of aromatic nitrogens is 4. The third-order valence-corrected chi connectivity index (χ3v) is 4.32. The molecule has 0 saturated carbocycles. The summed E-state index contributed by atoms with van der Waals surface area (Å²) in [6.07, 6.45) is -4.62. The zero-order chi connectivity index (χ0) is 20.6. The molecule has 4 aromatic rings. The van der Waals surface area contributed by atoms with Crippen LogP contribution in [0.15, 0.2) is 47.0 Å². The first-order valence-electron chi connectivity index (χ1n) is 8.48. The zero-order valence-corrected chi connectivity index (χ0v) is 15.4. The van der Waals surface area contributed by atoms with Gasteiger partial charge in [-0.15, -0.1) is 0 Å². The Hall–Kier alpha value is -3.56. The number of ether oxygens (including phenoxy) is 2. The Bertz CT molecular complexity index is 1170. The highest BCUT2D eigenvalue weighted by molar-refractivity contribution is 5.76. The molecule has 0 spiro atoms. The minimum absolute atomic E-state index is 0.00604. The molecule has 0 aliphatic carbocycles. The molecule has 10 heteroatoms. The fraction of sp³-hybridized carbons (Fsp3) is 0.211. The highest BCUT2D eigenvalue weighted by Crippen LogP contribution is 2.33. The van der Waals surface area contributed by atoms with Gasteiger partial charge in [-0.05, 0) is 24.3 Å². The van der Waals surface area contributed by atoms with E-state index in [4.69, 9.17) is 14.0 Å². The monoisotopic (exact) mass is 404 g/mol. The lowest BCUT2D eigenvalue weighted by atomic mass is 10.2. The molecule has 0 amide bonds. The maximum absolute atomic E-state index is 13.5. The molecule has 2 heterocycles. The van der Waals surface area contributed by atoms with Crippen LogP contribution in [0.25, 0.3) is 22.4 Å². The zero-order valence-electron chi connectivity index (χ0n) is 15.4. The Morgan fingerprint density at radius 1 is 1.03 bits per heavy atom. The first-order valence-corrected chi connectivity index (χ1v) is 8.48. The Balaban J connectivity index is 1.72. The van der Waals surface area contributed by atoms with Crippen molar-refractivity contribution in [3.8, 4) is 22.9 Å². The minimum Gasteiger partial charge on any atom is -0.497 e. The number of benzene rings is 2. The maximum Gasteiger partial charge on any atom is 0.449 e. The van der Waals surface area contributed by atoms with Crippen LogP contribution in [0.5, 0.6) is 11.5 Å². The topological polar surface area (TPSA) is 75.2 Å². The van der Waals surface area contributed by atoms with Crippen molar-refractivity contribution in [1.82, 2.24) is 19.7 Å². The van der Waals surface area contributed by atoms with E-state index in [-0.39, 0.29) is 23.8 Å². The highest BCUT2D eigenvalue weighted by Gasteiger charge is 2.38. The highest BCUT2D eigenvalue weighted by atomic mass is 19.4. The molecular formula is C19H15F3N4O3. The quantitative estimate of drug-likeness (QED) is 0.497. The molecule has 0 bridgehead atoms. The summed E-state index contributed by atoms with van der Waals surface area (Å²) in [5.41, 5.74) is 1.08. The van der Waals surface area contributed by atoms with E-state index in [0.29, 0.717) is 22.6 Å². The van der Waals surface area contributed by atoms with E-state index in [1.165, 1.54) is 20.3 Å². The van der Waals surface area contributed by atoms with Gasteiger partial charge in [-0.3, -0.25) is 0 Å². The van der Waals surface area contributed by atoms with Crippen LogP contribution in [-0.4, -0.2) is 33.9 Å². The van der Waals surface area contributed by atoms with Crippen LogP contribution in [-0.2, 0) is 12.7 Å². The largest absolute Gasteiger partial charge is 0.497 e. The van der Waals surface area contributed by atoms with Crippen molar-refractivity contribution < 1.29 is 27.2 Å². The van der Waals surface area contributed by atoms with Crippen molar-refractivity contribution in [3.05, 3.63) is 54.2 Å². The molecule has 150 valence electrons. The molecule has 29 heavy (non-hydrogen) atoms. The van der Waals surface area contributed by atoms with Crippen molar-refractivity contribution in [1.29, 1.82) is 0 Å². The number of hydrogen-bond donors (Lipinski definition) is 0. The van der Waals surface area contributed by atoms with Gasteiger partial charge in [0.05, 0.1) is 30.8 Å². The molecule has 0 aliphatic heterocycles. The van der Waals surface area contributed by atoms with Gasteiger partial charge in [0.2, 0.25) is 17.5 Å². The third-order valence-electron chi connectivity index (χ3n) is 4.32. The van der Waals surface area contributed by atoms with Gasteiger partial charge in [0, 0.05) is 6.07 Å². The lowest BCUT2D eigenvalue weighted by Gasteiger charge is -2.09. The van der Waals surface area contributed by atoms with Crippen LogP contribution in [0, 0.1) is 0 Å². The Morgan fingerprint density at radius 3 is 2.55 bits per heavy atom. The van der Waals surface area contributed by atoms with Gasteiger partial charge in [-0.2, -0.15) is 18.2 Å². The number of alkyl halides is 3. The number of methoxy groups -OCH3 is 2. The van der Waals surface area contributed by atoms with E-state index in [1.54, 1.807) is 36.4 Å². The molecule has 0 saturated heterocycles. The molecule has 0 radical (unpaired) electrons. The van der Waals surface area contributed by atoms with Gasteiger partial charge in [0.1, 0.15) is 18.0 Å². The number of nitrogens with zero attached hydrogens (tertiary/aromatic N) is 4. The second kappa shape index (κ2) is 7.12. The molecular weight excluding hydrogens is 389 g/mol.